The molecule has 0 bridgehead atoms. The number of hydrogen-bond acceptors (Lipinski definition) is 2. The van der Waals surface area contributed by atoms with Crippen LogP contribution in [-0.4, -0.2) is 29.2 Å². The van der Waals surface area contributed by atoms with Gasteiger partial charge in [0.2, 0.25) is 0 Å². The summed E-state index contributed by atoms with van der Waals surface area (Å²) in [5.74, 6) is -0.313. The van der Waals surface area contributed by atoms with Crippen LogP contribution in [0.3, 0.4) is 0 Å². The summed E-state index contributed by atoms with van der Waals surface area (Å²) in [6.45, 7) is 2.31. The summed E-state index contributed by atoms with van der Waals surface area (Å²) in [6.07, 6.45) is 1.63. The Labute approximate surface area is 99.6 Å². The first kappa shape index (κ1) is 11.8. The third kappa shape index (κ3) is 2.94. The summed E-state index contributed by atoms with van der Waals surface area (Å²) >= 11 is 5.96. The van der Waals surface area contributed by atoms with Crippen LogP contribution in [-0.2, 0) is 6.54 Å². The third-order valence-electron chi connectivity index (χ3n) is 2.89. The highest BCUT2D eigenvalue weighted by Gasteiger charge is 2.18. The van der Waals surface area contributed by atoms with E-state index in [9.17, 15) is 9.50 Å². The lowest BCUT2D eigenvalue weighted by Gasteiger charge is -2.30. The first-order valence-corrected chi connectivity index (χ1v) is 5.87. The molecule has 0 unspecified atom stereocenters. The van der Waals surface area contributed by atoms with Gasteiger partial charge >= 0.3 is 0 Å². The van der Waals surface area contributed by atoms with Crippen molar-refractivity contribution in [3.63, 3.8) is 0 Å². The molecule has 0 aliphatic carbocycles. The Bertz CT molecular complexity index is 372. The van der Waals surface area contributed by atoms with Crippen molar-refractivity contribution in [3.05, 3.63) is 34.6 Å². The number of nitrogens with zero attached hydrogens (tertiary/aromatic N) is 1. The molecule has 0 amide bonds. The van der Waals surface area contributed by atoms with Crippen LogP contribution in [0.2, 0.25) is 5.02 Å². The van der Waals surface area contributed by atoms with Crippen molar-refractivity contribution in [1.29, 1.82) is 0 Å². The van der Waals surface area contributed by atoms with E-state index in [2.05, 4.69) is 4.90 Å². The van der Waals surface area contributed by atoms with Gasteiger partial charge in [-0.25, -0.2) is 4.39 Å². The van der Waals surface area contributed by atoms with Crippen LogP contribution < -0.4 is 0 Å². The van der Waals surface area contributed by atoms with Gasteiger partial charge in [-0.15, -0.1) is 0 Å². The number of halogens is 2. The minimum atomic E-state index is -0.313. The van der Waals surface area contributed by atoms with E-state index < -0.39 is 0 Å². The maximum atomic E-state index is 12.9. The third-order valence-corrected chi connectivity index (χ3v) is 3.24. The zero-order valence-electron chi connectivity index (χ0n) is 9.00. The van der Waals surface area contributed by atoms with E-state index in [1.165, 1.54) is 12.1 Å². The van der Waals surface area contributed by atoms with E-state index in [0.29, 0.717) is 18.1 Å². The molecule has 1 heterocycles. The Kier molecular flexibility index (Phi) is 3.79. The van der Waals surface area contributed by atoms with E-state index >= 15 is 0 Å². The van der Waals surface area contributed by atoms with Crippen LogP contribution in [0.15, 0.2) is 18.2 Å². The second-order valence-electron chi connectivity index (χ2n) is 4.27. The number of rotatable bonds is 2. The molecular formula is C12H15ClFNO. The molecule has 2 rings (SSSR count). The molecule has 1 aromatic carbocycles. The van der Waals surface area contributed by atoms with Crippen molar-refractivity contribution in [3.8, 4) is 0 Å². The highest BCUT2D eigenvalue weighted by molar-refractivity contribution is 6.31. The molecule has 1 saturated heterocycles. The molecule has 0 spiro atoms. The molecule has 1 N–H and O–H groups in total. The molecule has 2 nitrogen and oxygen atoms in total. The van der Waals surface area contributed by atoms with Gasteiger partial charge in [-0.1, -0.05) is 17.7 Å². The molecule has 1 atom stereocenters. The van der Waals surface area contributed by atoms with Crippen LogP contribution >= 0.6 is 11.6 Å². The van der Waals surface area contributed by atoms with Gasteiger partial charge in [0, 0.05) is 18.1 Å². The largest absolute Gasteiger partial charge is 0.392 e. The van der Waals surface area contributed by atoms with Gasteiger partial charge in [0.15, 0.2) is 0 Å². The van der Waals surface area contributed by atoms with E-state index in [1.807, 2.05) is 0 Å². The summed E-state index contributed by atoms with van der Waals surface area (Å²) in [5.41, 5.74) is 0.914. The molecule has 88 valence electrons. The number of aliphatic hydroxyl groups excluding tert-OH is 1. The van der Waals surface area contributed by atoms with E-state index in [-0.39, 0.29) is 11.9 Å². The monoisotopic (exact) mass is 243 g/mol. The second-order valence-corrected chi connectivity index (χ2v) is 4.67. The zero-order chi connectivity index (χ0) is 11.5. The normalized spacial score (nSPS) is 22.3. The average molecular weight is 244 g/mol. The fourth-order valence-electron chi connectivity index (χ4n) is 2.07. The van der Waals surface area contributed by atoms with Crippen molar-refractivity contribution in [2.45, 2.75) is 25.5 Å². The number of benzene rings is 1. The molecular weight excluding hydrogens is 229 g/mol. The maximum Gasteiger partial charge on any atom is 0.124 e. The number of β-amino-alcohol motifs (C(OH)–C–C–N with tert-alkyl or cyclic N) is 1. The van der Waals surface area contributed by atoms with Crippen molar-refractivity contribution >= 4 is 11.6 Å². The molecule has 0 aromatic heterocycles. The van der Waals surface area contributed by atoms with Crippen LogP contribution in [0.25, 0.3) is 0 Å². The van der Waals surface area contributed by atoms with E-state index in [4.69, 9.17) is 11.6 Å². The predicted molar refractivity (Wildman–Crippen MR) is 61.9 cm³/mol. The van der Waals surface area contributed by atoms with Crippen molar-refractivity contribution in [2.75, 3.05) is 13.1 Å². The molecule has 16 heavy (non-hydrogen) atoms. The summed E-state index contributed by atoms with van der Waals surface area (Å²) < 4.78 is 12.9. The zero-order valence-corrected chi connectivity index (χ0v) is 9.75. The fourth-order valence-corrected chi connectivity index (χ4v) is 2.29. The minimum absolute atomic E-state index is 0.243. The number of hydrogen-bond donors (Lipinski definition) is 1. The van der Waals surface area contributed by atoms with Gasteiger partial charge in [-0.3, -0.25) is 4.90 Å². The highest BCUT2D eigenvalue weighted by Crippen LogP contribution is 2.21. The average Bonchev–Trinajstić information content (AvgIpc) is 2.22. The Morgan fingerprint density at radius 1 is 1.50 bits per heavy atom. The van der Waals surface area contributed by atoms with Gasteiger partial charge < -0.3 is 5.11 Å². The Hall–Kier alpha value is -0.640. The molecule has 0 saturated carbocycles. The topological polar surface area (TPSA) is 23.5 Å². The lowest BCUT2D eigenvalue weighted by Crippen LogP contribution is -2.37. The Balaban J connectivity index is 2.02. The first-order chi connectivity index (χ1) is 7.65. The van der Waals surface area contributed by atoms with E-state index in [1.54, 1.807) is 6.07 Å². The van der Waals surface area contributed by atoms with Crippen LogP contribution in [0.4, 0.5) is 4.39 Å². The Morgan fingerprint density at radius 2 is 2.31 bits per heavy atom. The van der Waals surface area contributed by atoms with Gasteiger partial charge in [0.1, 0.15) is 5.82 Å². The van der Waals surface area contributed by atoms with Gasteiger partial charge in [-0.2, -0.15) is 0 Å². The summed E-state index contributed by atoms with van der Waals surface area (Å²) in [4.78, 5) is 2.15. The van der Waals surface area contributed by atoms with Crippen LogP contribution in [0.5, 0.6) is 0 Å². The highest BCUT2D eigenvalue weighted by atomic mass is 35.5. The lowest BCUT2D eigenvalue weighted by molar-refractivity contribution is 0.0668. The lowest BCUT2D eigenvalue weighted by atomic mass is 10.1. The minimum Gasteiger partial charge on any atom is -0.392 e. The molecule has 1 aliphatic rings. The van der Waals surface area contributed by atoms with Gasteiger partial charge in [-0.05, 0) is 37.1 Å². The van der Waals surface area contributed by atoms with Crippen molar-refractivity contribution in [1.82, 2.24) is 4.90 Å². The fraction of sp³-hybridized carbons (Fsp3) is 0.500. The Morgan fingerprint density at radius 3 is 3.00 bits per heavy atom. The standard InChI is InChI=1S/C12H15ClFNO/c13-12-6-10(14)4-3-9(12)7-15-5-1-2-11(16)8-15/h3-4,6,11,16H,1-2,5,7-8H2/t11-/m0/s1. The van der Waals surface area contributed by atoms with Crippen LogP contribution in [0.1, 0.15) is 18.4 Å². The summed E-state index contributed by atoms with van der Waals surface area (Å²) in [6, 6.07) is 4.46. The van der Waals surface area contributed by atoms with E-state index in [0.717, 1.165) is 24.9 Å². The number of piperidine rings is 1. The number of likely N-dealkylation sites (tertiary alicyclic amines) is 1. The molecule has 1 aliphatic heterocycles. The predicted octanol–water partition coefficient (Wildman–Crippen LogP) is 2.44. The summed E-state index contributed by atoms with van der Waals surface area (Å²) in [7, 11) is 0. The maximum absolute atomic E-state index is 12.9. The molecule has 0 radical (unpaired) electrons. The molecule has 1 aromatic rings. The quantitative estimate of drug-likeness (QED) is 0.863. The van der Waals surface area contributed by atoms with Crippen molar-refractivity contribution in [2.24, 2.45) is 0 Å². The molecule has 4 heteroatoms. The molecule has 1 fully saturated rings. The van der Waals surface area contributed by atoms with Gasteiger partial charge in [0.25, 0.3) is 0 Å². The smallest absolute Gasteiger partial charge is 0.124 e. The van der Waals surface area contributed by atoms with Gasteiger partial charge in [0.05, 0.1) is 6.10 Å². The van der Waals surface area contributed by atoms with Crippen LogP contribution in [0, 0.1) is 5.82 Å². The second kappa shape index (κ2) is 5.13. The first-order valence-electron chi connectivity index (χ1n) is 5.49. The van der Waals surface area contributed by atoms with Crippen molar-refractivity contribution < 1.29 is 9.50 Å². The SMILES string of the molecule is O[C@H]1CCCN(Cc2ccc(F)cc2Cl)C1. The number of aliphatic hydroxyl groups is 1. The summed E-state index contributed by atoms with van der Waals surface area (Å²) in [5, 5.41) is 9.99.